The second-order valence-corrected chi connectivity index (χ2v) is 7.75. The predicted molar refractivity (Wildman–Crippen MR) is 108 cm³/mol. The van der Waals surface area contributed by atoms with E-state index in [1.165, 1.54) is 5.56 Å². The standard InChI is InChI=1S/C23H32O5/c24-18(13-12-17-8-4-3-5-9-17)14-15-20-19(21(25)16-22(20)26)10-6-1-2-7-11-23(27)28/h3-5,8-9,14-15,18-21,24-25H,1-2,6-7,10-13,16H2,(H,27,28)/t18-,19+,20+,21-/m0/s1. The van der Waals surface area contributed by atoms with Crippen LogP contribution in [0.5, 0.6) is 0 Å². The number of aliphatic hydroxyl groups is 2. The number of aliphatic hydroxyl groups excluding tert-OH is 2. The highest BCUT2D eigenvalue weighted by molar-refractivity contribution is 5.85. The highest BCUT2D eigenvalue weighted by Gasteiger charge is 2.39. The zero-order chi connectivity index (χ0) is 20.4. The number of ketones is 1. The van der Waals surface area contributed by atoms with Crippen molar-refractivity contribution in [3.05, 3.63) is 48.0 Å². The van der Waals surface area contributed by atoms with Crippen LogP contribution in [-0.2, 0) is 16.0 Å². The molecule has 154 valence electrons. The fourth-order valence-corrected chi connectivity index (χ4v) is 3.91. The number of hydrogen-bond donors (Lipinski definition) is 3. The lowest BCUT2D eigenvalue weighted by Crippen LogP contribution is -2.19. The molecular weight excluding hydrogens is 356 g/mol. The summed E-state index contributed by atoms with van der Waals surface area (Å²) in [5.74, 6) is -1.17. The molecule has 0 amide bonds. The van der Waals surface area contributed by atoms with Gasteiger partial charge in [-0.1, -0.05) is 61.7 Å². The van der Waals surface area contributed by atoms with Crippen molar-refractivity contribution in [3.8, 4) is 0 Å². The summed E-state index contributed by atoms with van der Waals surface area (Å²) in [6, 6.07) is 9.97. The van der Waals surface area contributed by atoms with Crippen molar-refractivity contribution in [1.82, 2.24) is 0 Å². The largest absolute Gasteiger partial charge is 0.481 e. The lowest BCUT2D eigenvalue weighted by molar-refractivity contribution is -0.137. The fraction of sp³-hybridized carbons (Fsp3) is 0.565. The van der Waals surface area contributed by atoms with Crippen molar-refractivity contribution < 1.29 is 24.9 Å². The first-order valence-corrected chi connectivity index (χ1v) is 10.3. The van der Waals surface area contributed by atoms with Gasteiger partial charge in [0.25, 0.3) is 0 Å². The summed E-state index contributed by atoms with van der Waals surface area (Å²) in [6.45, 7) is 0. The summed E-state index contributed by atoms with van der Waals surface area (Å²) < 4.78 is 0. The molecule has 1 aliphatic carbocycles. The lowest BCUT2D eigenvalue weighted by atomic mass is 9.88. The van der Waals surface area contributed by atoms with Crippen LogP contribution >= 0.6 is 0 Å². The number of carbonyl (C=O) groups is 2. The van der Waals surface area contributed by atoms with E-state index in [2.05, 4.69) is 0 Å². The Bertz CT molecular complexity index is 640. The Morgan fingerprint density at radius 3 is 2.57 bits per heavy atom. The van der Waals surface area contributed by atoms with E-state index in [1.807, 2.05) is 30.3 Å². The minimum atomic E-state index is -0.771. The number of allylic oxidation sites excluding steroid dienone is 1. The Balaban J connectivity index is 1.77. The van der Waals surface area contributed by atoms with Gasteiger partial charge in [-0.2, -0.15) is 0 Å². The Labute approximate surface area is 167 Å². The number of Topliss-reactive ketones (excluding diaryl/α,β-unsaturated/α-hetero) is 1. The number of aryl methyl sites for hydroxylation is 1. The van der Waals surface area contributed by atoms with Crippen LogP contribution in [0.1, 0.15) is 56.9 Å². The number of aliphatic carboxylic acids is 1. The smallest absolute Gasteiger partial charge is 0.303 e. The molecule has 0 heterocycles. The van der Waals surface area contributed by atoms with Crippen molar-refractivity contribution in [3.63, 3.8) is 0 Å². The summed E-state index contributed by atoms with van der Waals surface area (Å²) in [5, 5.41) is 29.1. The molecule has 1 aliphatic rings. The fourth-order valence-electron chi connectivity index (χ4n) is 3.91. The van der Waals surface area contributed by atoms with Crippen LogP contribution in [0, 0.1) is 11.8 Å². The van der Waals surface area contributed by atoms with Gasteiger partial charge in [-0.05, 0) is 37.2 Å². The highest BCUT2D eigenvalue weighted by atomic mass is 16.4. The van der Waals surface area contributed by atoms with Gasteiger partial charge < -0.3 is 15.3 Å². The third-order valence-electron chi connectivity index (χ3n) is 5.53. The van der Waals surface area contributed by atoms with Gasteiger partial charge >= 0.3 is 5.97 Å². The number of hydrogen-bond acceptors (Lipinski definition) is 4. The highest BCUT2D eigenvalue weighted by Crippen LogP contribution is 2.34. The van der Waals surface area contributed by atoms with Gasteiger partial charge in [0.05, 0.1) is 12.2 Å². The topological polar surface area (TPSA) is 94.8 Å². The number of rotatable bonds is 12. The first-order chi connectivity index (χ1) is 13.5. The molecule has 5 nitrogen and oxygen atoms in total. The molecule has 28 heavy (non-hydrogen) atoms. The van der Waals surface area contributed by atoms with E-state index in [9.17, 15) is 19.8 Å². The van der Waals surface area contributed by atoms with E-state index in [-0.39, 0.29) is 30.5 Å². The van der Waals surface area contributed by atoms with Crippen LogP contribution in [0.2, 0.25) is 0 Å². The molecule has 4 atom stereocenters. The Kier molecular flexibility index (Phi) is 9.38. The molecule has 1 aromatic rings. The lowest BCUT2D eigenvalue weighted by Gasteiger charge is -2.18. The minimum Gasteiger partial charge on any atom is -0.481 e. The summed E-state index contributed by atoms with van der Waals surface area (Å²) >= 11 is 0. The number of unbranched alkanes of at least 4 members (excludes halogenated alkanes) is 3. The summed E-state index contributed by atoms with van der Waals surface area (Å²) in [5.41, 5.74) is 1.17. The van der Waals surface area contributed by atoms with Crippen molar-refractivity contribution >= 4 is 11.8 Å². The summed E-state index contributed by atoms with van der Waals surface area (Å²) in [7, 11) is 0. The van der Waals surface area contributed by atoms with Gasteiger partial charge in [-0.25, -0.2) is 0 Å². The predicted octanol–water partition coefficient (Wildman–Crippen LogP) is 3.53. The summed E-state index contributed by atoms with van der Waals surface area (Å²) in [6.07, 6.45) is 8.02. The average molecular weight is 389 g/mol. The van der Waals surface area contributed by atoms with E-state index in [0.29, 0.717) is 12.8 Å². The molecule has 3 N–H and O–H groups in total. The van der Waals surface area contributed by atoms with E-state index >= 15 is 0 Å². The normalized spacial score (nSPS) is 23.4. The molecule has 0 unspecified atom stereocenters. The molecule has 5 heteroatoms. The zero-order valence-corrected chi connectivity index (χ0v) is 16.4. The van der Waals surface area contributed by atoms with E-state index < -0.39 is 18.2 Å². The van der Waals surface area contributed by atoms with Crippen LogP contribution in [0.15, 0.2) is 42.5 Å². The molecule has 1 aromatic carbocycles. The van der Waals surface area contributed by atoms with Crippen molar-refractivity contribution in [1.29, 1.82) is 0 Å². The number of carboxylic acids is 1. The first-order valence-electron chi connectivity index (χ1n) is 10.3. The SMILES string of the molecule is O=C(O)CCCCCC[C@H]1[C@@H](O)CC(=O)[C@@H]1C=C[C@@H](O)CCc1ccccc1. The van der Waals surface area contributed by atoms with Gasteiger partial charge in [0.15, 0.2) is 0 Å². The van der Waals surface area contributed by atoms with Crippen LogP contribution in [0.4, 0.5) is 0 Å². The Morgan fingerprint density at radius 2 is 1.86 bits per heavy atom. The molecule has 0 aromatic heterocycles. The number of benzene rings is 1. The van der Waals surface area contributed by atoms with Gasteiger partial charge in [0.1, 0.15) is 5.78 Å². The molecular formula is C23H32O5. The van der Waals surface area contributed by atoms with Crippen molar-refractivity contribution in [2.24, 2.45) is 11.8 Å². The zero-order valence-electron chi connectivity index (χ0n) is 16.4. The van der Waals surface area contributed by atoms with Gasteiger partial charge in [0.2, 0.25) is 0 Å². The van der Waals surface area contributed by atoms with Crippen molar-refractivity contribution in [2.75, 3.05) is 0 Å². The molecule has 1 fully saturated rings. The molecule has 1 saturated carbocycles. The molecule has 0 radical (unpaired) electrons. The maximum absolute atomic E-state index is 12.2. The molecule has 0 bridgehead atoms. The Morgan fingerprint density at radius 1 is 1.14 bits per heavy atom. The van der Waals surface area contributed by atoms with Crippen LogP contribution in [0.25, 0.3) is 0 Å². The molecule has 0 aliphatic heterocycles. The molecule has 0 saturated heterocycles. The van der Waals surface area contributed by atoms with E-state index in [4.69, 9.17) is 5.11 Å². The monoisotopic (exact) mass is 388 g/mol. The third kappa shape index (κ3) is 7.56. The second-order valence-electron chi connectivity index (χ2n) is 7.75. The van der Waals surface area contributed by atoms with Crippen LogP contribution in [0.3, 0.4) is 0 Å². The number of carbonyl (C=O) groups excluding carboxylic acids is 1. The van der Waals surface area contributed by atoms with Gasteiger partial charge in [-0.3, -0.25) is 9.59 Å². The van der Waals surface area contributed by atoms with E-state index in [0.717, 1.165) is 32.1 Å². The second kappa shape index (κ2) is 11.8. The van der Waals surface area contributed by atoms with Crippen LogP contribution in [-0.4, -0.2) is 39.3 Å². The maximum Gasteiger partial charge on any atom is 0.303 e. The summed E-state index contributed by atoms with van der Waals surface area (Å²) in [4.78, 5) is 22.8. The Hall–Kier alpha value is -1.98. The quantitative estimate of drug-likeness (QED) is 0.376. The van der Waals surface area contributed by atoms with E-state index in [1.54, 1.807) is 12.2 Å². The average Bonchev–Trinajstić information content (AvgIpc) is 2.94. The van der Waals surface area contributed by atoms with Crippen molar-refractivity contribution in [2.45, 2.75) is 70.0 Å². The molecule has 0 spiro atoms. The third-order valence-corrected chi connectivity index (χ3v) is 5.53. The first kappa shape index (κ1) is 22.3. The minimum absolute atomic E-state index is 0.0369. The van der Waals surface area contributed by atoms with Gasteiger partial charge in [-0.15, -0.1) is 0 Å². The molecule has 2 rings (SSSR count). The van der Waals surface area contributed by atoms with Crippen LogP contribution < -0.4 is 0 Å². The number of carboxylic acid groups (broad SMARTS) is 1. The maximum atomic E-state index is 12.2. The van der Waals surface area contributed by atoms with Gasteiger partial charge in [0, 0.05) is 18.8 Å².